The summed E-state index contributed by atoms with van der Waals surface area (Å²) in [7, 11) is 1.83. The van der Waals surface area contributed by atoms with E-state index in [4.69, 9.17) is 0 Å². The van der Waals surface area contributed by atoms with Crippen molar-refractivity contribution in [3.8, 4) is 0 Å². The van der Waals surface area contributed by atoms with Crippen LogP contribution in [0.4, 0.5) is 4.39 Å². The van der Waals surface area contributed by atoms with Crippen molar-refractivity contribution in [1.82, 2.24) is 24.8 Å². The molecule has 152 valence electrons. The van der Waals surface area contributed by atoms with Crippen molar-refractivity contribution in [3.05, 3.63) is 94.3 Å². The number of hydrogen-bond donors (Lipinski definition) is 2. The van der Waals surface area contributed by atoms with Gasteiger partial charge in [0.25, 0.3) is 5.56 Å². The minimum Gasteiger partial charge on any atom is -0.342 e. The zero-order valence-electron chi connectivity index (χ0n) is 16.3. The van der Waals surface area contributed by atoms with E-state index in [1.54, 1.807) is 47.3 Å². The largest absolute Gasteiger partial charge is 0.342 e. The number of para-hydroxylation sites is 1. The molecule has 2 heterocycles. The van der Waals surface area contributed by atoms with E-state index in [1.807, 2.05) is 13.1 Å². The summed E-state index contributed by atoms with van der Waals surface area (Å²) in [6.45, 7) is 0. The van der Waals surface area contributed by atoms with Gasteiger partial charge in [-0.05, 0) is 29.8 Å². The molecule has 0 radical (unpaired) electrons. The molecule has 0 bridgehead atoms. The Balaban J connectivity index is 1.51. The zero-order chi connectivity index (χ0) is 21.1. The first kappa shape index (κ1) is 19.5. The van der Waals surface area contributed by atoms with Crippen LogP contribution in [0.2, 0.25) is 0 Å². The maximum Gasteiger partial charge on any atom is 0.258 e. The fourth-order valence-corrected chi connectivity index (χ4v) is 3.33. The van der Waals surface area contributed by atoms with Gasteiger partial charge in [-0.2, -0.15) is 0 Å². The van der Waals surface area contributed by atoms with E-state index in [-0.39, 0.29) is 30.1 Å². The van der Waals surface area contributed by atoms with E-state index < -0.39 is 6.04 Å². The lowest BCUT2D eigenvalue weighted by Crippen LogP contribution is -2.31. The summed E-state index contributed by atoms with van der Waals surface area (Å²) in [5.41, 5.74) is 1.08. The van der Waals surface area contributed by atoms with Gasteiger partial charge >= 0.3 is 0 Å². The molecule has 0 spiro atoms. The summed E-state index contributed by atoms with van der Waals surface area (Å²) < 4.78 is 15.1. The van der Waals surface area contributed by atoms with Crippen LogP contribution in [-0.4, -0.2) is 25.4 Å². The summed E-state index contributed by atoms with van der Waals surface area (Å²) in [5, 5.41) is 3.46. The van der Waals surface area contributed by atoms with Crippen LogP contribution in [0.5, 0.6) is 0 Å². The van der Waals surface area contributed by atoms with Crippen LogP contribution in [0.25, 0.3) is 10.9 Å². The smallest absolute Gasteiger partial charge is 0.258 e. The SMILES string of the molecule is Cn1ccnc1C(NC(=O)CCc1nc2ccccc2c(=O)[nH]1)c1ccc(F)cc1. The second kappa shape index (κ2) is 8.28. The van der Waals surface area contributed by atoms with E-state index in [2.05, 4.69) is 20.3 Å². The molecule has 0 fully saturated rings. The molecule has 2 aromatic carbocycles. The van der Waals surface area contributed by atoms with Gasteiger partial charge < -0.3 is 14.9 Å². The van der Waals surface area contributed by atoms with Crippen LogP contribution >= 0.6 is 0 Å². The van der Waals surface area contributed by atoms with E-state index in [1.165, 1.54) is 12.1 Å². The summed E-state index contributed by atoms with van der Waals surface area (Å²) in [4.78, 5) is 36.4. The summed E-state index contributed by atoms with van der Waals surface area (Å²) in [6.07, 6.45) is 3.83. The van der Waals surface area contributed by atoms with Crippen LogP contribution in [0.3, 0.4) is 0 Å². The molecule has 0 saturated heterocycles. The number of hydrogen-bond acceptors (Lipinski definition) is 4. The maximum absolute atomic E-state index is 13.3. The lowest BCUT2D eigenvalue weighted by atomic mass is 10.1. The van der Waals surface area contributed by atoms with Gasteiger partial charge in [-0.25, -0.2) is 14.4 Å². The zero-order valence-corrected chi connectivity index (χ0v) is 16.3. The maximum atomic E-state index is 13.3. The van der Waals surface area contributed by atoms with E-state index >= 15 is 0 Å². The first-order valence-electron chi connectivity index (χ1n) is 9.51. The highest BCUT2D eigenvalue weighted by Gasteiger charge is 2.21. The fourth-order valence-electron chi connectivity index (χ4n) is 3.33. The van der Waals surface area contributed by atoms with Gasteiger partial charge in [0.05, 0.1) is 10.9 Å². The number of fused-ring (bicyclic) bond motifs is 1. The Morgan fingerprint density at radius 3 is 2.70 bits per heavy atom. The van der Waals surface area contributed by atoms with Crippen molar-refractivity contribution >= 4 is 16.8 Å². The number of halogens is 1. The summed E-state index contributed by atoms with van der Waals surface area (Å²) in [6, 6.07) is 12.5. The Morgan fingerprint density at radius 1 is 1.20 bits per heavy atom. The fraction of sp³-hybridized carbons (Fsp3) is 0.182. The van der Waals surface area contributed by atoms with E-state index in [0.717, 1.165) is 5.56 Å². The minimum absolute atomic E-state index is 0.128. The summed E-state index contributed by atoms with van der Waals surface area (Å²) in [5.74, 6) is 0.495. The molecule has 1 amide bonds. The van der Waals surface area contributed by atoms with Gasteiger partial charge in [0.1, 0.15) is 23.5 Å². The van der Waals surface area contributed by atoms with Crippen molar-refractivity contribution in [2.24, 2.45) is 7.05 Å². The van der Waals surface area contributed by atoms with Crippen LogP contribution in [0, 0.1) is 5.82 Å². The van der Waals surface area contributed by atoms with Gasteiger partial charge in [-0.15, -0.1) is 0 Å². The third-order valence-corrected chi connectivity index (χ3v) is 4.88. The molecule has 7 nitrogen and oxygen atoms in total. The first-order chi connectivity index (χ1) is 14.5. The number of nitrogens with one attached hydrogen (secondary N) is 2. The van der Waals surface area contributed by atoms with Crippen molar-refractivity contribution in [3.63, 3.8) is 0 Å². The number of aromatic nitrogens is 4. The molecular formula is C22H20FN5O2. The van der Waals surface area contributed by atoms with Gasteiger partial charge in [0.2, 0.25) is 5.91 Å². The Kier molecular flexibility index (Phi) is 5.38. The third kappa shape index (κ3) is 4.12. The number of benzene rings is 2. The number of carbonyl (C=O) groups is 1. The molecule has 4 rings (SSSR count). The first-order valence-corrected chi connectivity index (χ1v) is 9.51. The van der Waals surface area contributed by atoms with Crippen LogP contribution in [0.15, 0.2) is 65.7 Å². The number of imidazole rings is 1. The number of aryl methyl sites for hydroxylation is 2. The van der Waals surface area contributed by atoms with Crippen LogP contribution in [0.1, 0.15) is 29.7 Å². The van der Waals surface area contributed by atoms with Gasteiger partial charge in [-0.1, -0.05) is 24.3 Å². The standard InChI is InChI=1S/C22H20FN5O2/c1-28-13-12-24-21(28)20(14-6-8-15(23)9-7-14)27-19(29)11-10-18-25-17-5-3-2-4-16(17)22(30)26-18/h2-9,12-13,20H,10-11H2,1H3,(H,27,29)(H,25,26,30). The van der Waals surface area contributed by atoms with Gasteiger partial charge in [0, 0.05) is 32.3 Å². The highest BCUT2D eigenvalue weighted by molar-refractivity contribution is 5.78. The minimum atomic E-state index is -0.526. The Bertz CT molecular complexity index is 1250. The van der Waals surface area contributed by atoms with Gasteiger partial charge in [-0.3, -0.25) is 9.59 Å². The highest BCUT2D eigenvalue weighted by Crippen LogP contribution is 2.21. The van der Waals surface area contributed by atoms with Crippen molar-refractivity contribution in [2.45, 2.75) is 18.9 Å². The predicted octanol–water partition coefficient (Wildman–Crippen LogP) is 2.63. The Labute approximate surface area is 171 Å². The van der Waals surface area contributed by atoms with Crippen LogP contribution in [-0.2, 0) is 18.3 Å². The average molecular weight is 405 g/mol. The normalized spacial score (nSPS) is 12.1. The Hall–Kier alpha value is -3.81. The van der Waals surface area contributed by atoms with Crippen LogP contribution < -0.4 is 10.9 Å². The lowest BCUT2D eigenvalue weighted by molar-refractivity contribution is -0.121. The topological polar surface area (TPSA) is 92.7 Å². The Morgan fingerprint density at radius 2 is 1.97 bits per heavy atom. The number of H-pyrrole nitrogens is 1. The lowest BCUT2D eigenvalue weighted by Gasteiger charge is -2.19. The van der Waals surface area contributed by atoms with E-state index in [0.29, 0.717) is 22.6 Å². The molecule has 30 heavy (non-hydrogen) atoms. The predicted molar refractivity (Wildman–Crippen MR) is 110 cm³/mol. The van der Waals surface area contributed by atoms with E-state index in [9.17, 15) is 14.0 Å². The number of aromatic amines is 1. The molecule has 0 aliphatic carbocycles. The number of rotatable bonds is 6. The number of amides is 1. The second-order valence-electron chi connectivity index (χ2n) is 6.98. The average Bonchev–Trinajstić information content (AvgIpc) is 3.17. The summed E-state index contributed by atoms with van der Waals surface area (Å²) >= 11 is 0. The highest BCUT2D eigenvalue weighted by atomic mass is 19.1. The molecular weight excluding hydrogens is 385 g/mol. The molecule has 0 aliphatic heterocycles. The van der Waals surface area contributed by atoms with Crippen molar-refractivity contribution in [1.29, 1.82) is 0 Å². The monoisotopic (exact) mass is 405 g/mol. The van der Waals surface area contributed by atoms with Gasteiger partial charge in [0.15, 0.2) is 0 Å². The molecule has 0 aliphatic rings. The second-order valence-corrected chi connectivity index (χ2v) is 6.98. The molecule has 1 unspecified atom stereocenters. The molecule has 8 heteroatoms. The number of nitrogens with zero attached hydrogens (tertiary/aromatic N) is 3. The third-order valence-electron chi connectivity index (χ3n) is 4.88. The van der Waals surface area contributed by atoms with Crippen molar-refractivity contribution < 1.29 is 9.18 Å². The van der Waals surface area contributed by atoms with Crippen molar-refractivity contribution in [2.75, 3.05) is 0 Å². The molecule has 0 saturated carbocycles. The number of carbonyl (C=O) groups excluding carboxylic acids is 1. The molecule has 4 aromatic rings. The molecule has 2 aromatic heterocycles. The molecule has 2 N–H and O–H groups in total. The quantitative estimate of drug-likeness (QED) is 0.516. The molecule has 1 atom stereocenters.